The van der Waals surface area contributed by atoms with Gasteiger partial charge in [-0.15, -0.1) is 0 Å². The van der Waals surface area contributed by atoms with Gasteiger partial charge in [0.25, 0.3) is 16.0 Å². The van der Waals surface area contributed by atoms with Crippen molar-refractivity contribution in [2.24, 2.45) is 0 Å². The Hall–Kier alpha value is -0.270. The topological polar surface area (TPSA) is 74.6 Å². The molecular weight excluding hydrogens is 170 g/mol. The minimum absolute atomic E-state index is 0.186. The minimum atomic E-state index is -5.05. The summed E-state index contributed by atoms with van der Waals surface area (Å²) < 4.78 is 51.1. The van der Waals surface area contributed by atoms with E-state index in [1.807, 2.05) is 0 Å². The molecule has 1 atom stereocenters. The zero-order valence-corrected chi connectivity index (χ0v) is 5.77. The molecular formula is C3H6F2O4S. The number of rotatable bonds is 2. The Morgan fingerprint density at radius 1 is 1.50 bits per heavy atom. The minimum Gasteiger partial charge on any atom is -0.371 e. The van der Waals surface area contributed by atoms with Gasteiger partial charge in [-0.1, -0.05) is 0 Å². The Balaban J connectivity index is 4.56. The second-order valence-electron chi connectivity index (χ2n) is 1.82. The number of aliphatic hydroxyl groups excluding tert-OH is 1. The Morgan fingerprint density at radius 2 is 1.80 bits per heavy atom. The van der Waals surface area contributed by atoms with E-state index in [1.165, 1.54) is 0 Å². The van der Waals surface area contributed by atoms with Gasteiger partial charge < -0.3 is 5.11 Å². The molecule has 0 fully saturated rings. The van der Waals surface area contributed by atoms with Crippen molar-refractivity contribution in [3.8, 4) is 0 Å². The van der Waals surface area contributed by atoms with Crippen LogP contribution in [0.25, 0.3) is 0 Å². The summed E-state index contributed by atoms with van der Waals surface area (Å²) in [6.45, 7) is 0.186. The van der Waals surface area contributed by atoms with Crippen LogP contribution in [0.2, 0.25) is 0 Å². The molecule has 0 bridgehead atoms. The molecule has 0 saturated heterocycles. The molecule has 7 heteroatoms. The molecule has 2 N–H and O–H groups in total. The Labute approximate surface area is 56.2 Å². The van der Waals surface area contributed by atoms with Crippen LogP contribution in [0.1, 0.15) is 6.92 Å². The van der Waals surface area contributed by atoms with Crippen molar-refractivity contribution in [1.82, 2.24) is 0 Å². The monoisotopic (exact) mass is 176 g/mol. The van der Waals surface area contributed by atoms with Gasteiger partial charge in [0.15, 0.2) is 0 Å². The van der Waals surface area contributed by atoms with E-state index in [0.29, 0.717) is 0 Å². The molecule has 10 heavy (non-hydrogen) atoms. The van der Waals surface area contributed by atoms with Gasteiger partial charge in [-0.05, 0) is 0 Å². The van der Waals surface area contributed by atoms with Crippen molar-refractivity contribution in [3.05, 3.63) is 0 Å². The van der Waals surface area contributed by atoms with Crippen molar-refractivity contribution in [1.29, 1.82) is 0 Å². The lowest BCUT2D eigenvalue weighted by atomic mass is 10.4. The van der Waals surface area contributed by atoms with Gasteiger partial charge in [0.2, 0.25) is 5.44 Å². The number of hydrogen-bond donors (Lipinski definition) is 2. The van der Waals surface area contributed by atoms with E-state index < -0.39 is 21.5 Å². The van der Waals surface area contributed by atoms with Gasteiger partial charge >= 0.3 is 0 Å². The van der Waals surface area contributed by atoms with E-state index in [2.05, 4.69) is 0 Å². The fourth-order valence-corrected chi connectivity index (χ4v) is 0.785. The smallest absolute Gasteiger partial charge is 0.298 e. The molecule has 0 aliphatic rings. The Bertz CT molecular complexity index is 203. The lowest BCUT2D eigenvalue weighted by Gasteiger charge is -2.13. The summed E-state index contributed by atoms with van der Waals surface area (Å²) in [7, 11) is -5.05. The van der Waals surface area contributed by atoms with Gasteiger partial charge in [0, 0.05) is 6.92 Å². The molecule has 62 valence electrons. The summed E-state index contributed by atoms with van der Waals surface area (Å²) in [5.74, 6) is -3.84. The van der Waals surface area contributed by atoms with Crippen molar-refractivity contribution in [2.45, 2.75) is 18.3 Å². The number of halogens is 2. The number of hydrogen-bond acceptors (Lipinski definition) is 3. The molecule has 0 heterocycles. The average molecular weight is 176 g/mol. The van der Waals surface area contributed by atoms with Crippen LogP contribution in [0.15, 0.2) is 0 Å². The number of alkyl halides is 2. The summed E-state index contributed by atoms with van der Waals surface area (Å²) in [6, 6.07) is 0. The quantitative estimate of drug-likeness (QED) is 0.573. The SMILES string of the molecule is CC(F)(F)C(O)S(=O)(=O)O. The summed E-state index contributed by atoms with van der Waals surface area (Å²) >= 11 is 0. The molecule has 0 amide bonds. The van der Waals surface area contributed by atoms with Crippen LogP contribution in [0.3, 0.4) is 0 Å². The van der Waals surface area contributed by atoms with E-state index in [1.54, 1.807) is 0 Å². The van der Waals surface area contributed by atoms with Gasteiger partial charge in [0.1, 0.15) is 0 Å². The molecule has 1 unspecified atom stereocenters. The molecule has 0 spiro atoms. The van der Waals surface area contributed by atoms with Crippen molar-refractivity contribution < 1.29 is 26.9 Å². The van der Waals surface area contributed by atoms with Crippen molar-refractivity contribution in [3.63, 3.8) is 0 Å². The molecule has 4 nitrogen and oxygen atoms in total. The van der Waals surface area contributed by atoms with Gasteiger partial charge in [-0.25, -0.2) is 8.78 Å². The van der Waals surface area contributed by atoms with Gasteiger partial charge in [-0.2, -0.15) is 8.42 Å². The van der Waals surface area contributed by atoms with Crippen LogP contribution in [0.4, 0.5) is 8.78 Å². The highest BCUT2D eigenvalue weighted by molar-refractivity contribution is 7.86. The normalized spacial score (nSPS) is 16.9. The van der Waals surface area contributed by atoms with Crippen LogP contribution in [-0.4, -0.2) is 29.4 Å². The fraction of sp³-hybridized carbons (Fsp3) is 1.00. The highest BCUT2D eigenvalue weighted by atomic mass is 32.2. The maximum atomic E-state index is 11.8. The first-order valence-corrected chi connectivity index (χ1v) is 3.68. The second kappa shape index (κ2) is 2.40. The first-order chi connectivity index (χ1) is 4.15. The predicted molar refractivity (Wildman–Crippen MR) is 28.2 cm³/mol. The zero-order chi connectivity index (χ0) is 8.58. The third-order valence-corrected chi connectivity index (χ3v) is 1.69. The lowest BCUT2D eigenvalue weighted by Crippen LogP contribution is -2.36. The predicted octanol–water partition coefficient (Wildman–Crippen LogP) is -0.152. The second-order valence-corrected chi connectivity index (χ2v) is 3.30. The van der Waals surface area contributed by atoms with E-state index in [0.717, 1.165) is 0 Å². The molecule has 0 aromatic rings. The maximum absolute atomic E-state index is 11.8. The van der Waals surface area contributed by atoms with Crippen LogP contribution < -0.4 is 0 Å². The van der Waals surface area contributed by atoms with E-state index >= 15 is 0 Å². The van der Waals surface area contributed by atoms with Gasteiger partial charge in [0.05, 0.1) is 0 Å². The summed E-state index contributed by atoms with van der Waals surface area (Å²) in [6.07, 6.45) is 0. The fourth-order valence-electron chi connectivity index (χ4n) is 0.262. The third kappa shape index (κ3) is 2.54. The van der Waals surface area contributed by atoms with E-state index in [-0.39, 0.29) is 6.92 Å². The summed E-state index contributed by atoms with van der Waals surface area (Å²) in [5.41, 5.74) is -3.04. The highest BCUT2D eigenvalue weighted by Gasteiger charge is 2.41. The highest BCUT2D eigenvalue weighted by Crippen LogP contribution is 2.20. The van der Waals surface area contributed by atoms with Crippen molar-refractivity contribution in [2.75, 3.05) is 0 Å². The maximum Gasteiger partial charge on any atom is 0.298 e. The van der Waals surface area contributed by atoms with E-state index in [4.69, 9.17) is 9.66 Å². The molecule has 0 rings (SSSR count). The molecule has 0 saturated carbocycles. The Morgan fingerprint density at radius 3 is 1.80 bits per heavy atom. The van der Waals surface area contributed by atoms with Crippen LogP contribution in [0.5, 0.6) is 0 Å². The average Bonchev–Trinajstić information content (AvgIpc) is 1.59. The third-order valence-electron chi connectivity index (χ3n) is 0.716. The lowest BCUT2D eigenvalue weighted by molar-refractivity contribution is -0.0574. The zero-order valence-electron chi connectivity index (χ0n) is 4.95. The standard InChI is InChI=1S/C3H6F2O4S/c1-3(4,5)2(6)10(7,8)9/h2,6H,1H3,(H,7,8,9). The van der Waals surface area contributed by atoms with Crippen LogP contribution >= 0.6 is 0 Å². The summed E-state index contributed by atoms with van der Waals surface area (Å²) in [5, 5.41) is 8.13. The van der Waals surface area contributed by atoms with Crippen LogP contribution in [-0.2, 0) is 10.1 Å². The molecule has 0 aromatic carbocycles. The molecule has 0 aliphatic carbocycles. The largest absolute Gasteiger partial charge is 0.371 e. The Kier molecular flexibility index (Phi) is 2.34. The molecule has 0 aromatic heterocycles. The molecule has 0 radical (unpaired) electrons. The first kappa shape index (κ1) is 9.73. The summed E-state index contributed by atoms with van der Waals surface area (Å²) in [4.78, 5) is 0. The first-order valence-electron chi connectivity index (χ1n) is 2.18. The number of aliphatic hydroxyl groups is 1. The van der Waals surface area contributed by atoms with Gasteiger partial charge in [-0.3, -0.25) is 4.55 Å². The molecule has 0 aliphatic heterocycles. The van der Waals surface area contributed by atoms with Crippen LogP contribution in [0, 0.1) is 0 Å². The van der Waals surface area contributed by atoms with Crippen molar-refractivity contribution >= 4 is 10.1 Å². The van der Waals surface area contributed by atoms with E-state index in [9.17, 15) is 17.2 Å².